The minimum Gasteiger partial charge on any atom is -0.235 e. The number of fused-ring (bicyclic) bond motifs is 1. The Labute approximate surface area is 91.1 Å². The van der Waals surface area contributed by atoms with E-state index >= 15 is 0 Å². The number of halogens is 2. The van der Waals surface area contributed by atoms with Gasteiger partial charge >= 0.3 is 0 Å². The molecular formula is C8H8Cl2N2S. The normalized spacial score (nSPS) is 17.2. The van der Waals surface area contributed by atoms with Crippen LogP contribution in [0.3, 0.4) is 0 Å². The van der Waals surface area contributed by atoms with Crippen LogP contribution in [0.1, 0.15) is 29.4 Å². The van der Waals surface area contributed by atoms with Crippen LogP contribution in [0, 0.1) is 0 Å². The van der Waals surface area contributed by atoms with Gasteiger partial charge in [0.15, 0.2) is 0 Å². The summed E-state index contributed by atoms with van der Waals surface area (Å²) >= 11 is 13.7. The Morgan fingerprint density at radius 2 is 2.15 bits per heavy atom. The molecule has 0 N–H and O–H groups in total. The summed E-state index contributed by atoms with van der Waals surface area (Å²) in [4.78, 5) is 8.52. The fraction of sp³-hybridized carbons (Fsp3) is 0.500. The maximum atomic E-state index is 6.00. The van der Waals surface area contributed by atoms with Crippen LogP contribution >= 0.6 is 35.0 Å². The topological polar surface area (TPSA) is 25.8 Å². The number of hydrogen-bond donors (Lipinski definition) is 0. The van der Waals surface area contributed by atoms with Crippen molar-refractivity contribution in [3.05, 3.63) is 22.2 Å². The summed E-state index contributed by atoms with van der Waals surface area (Å²) in [5.74, 6) is 2.48. The highest BCUT2D eigenvalue weighted by Gasteiger charge is 2.19. The van der Waals surface area contributed by atoms with Crippen molar-refractivity contribution in [1.82, 2.24) is 9.97 Å². The van der Waals surface area contributed by atoms with Crippen LogP contribution in [0.4, 0.5) is 0 Å². The lowest BCUT2D eigenvalue weighted by Crippen LogP contribution is -2.01. The van der Waals surface area contributed by atoms with Crippen molar-refractivity contribution in [2.75, 3.05) is 0 Å². The molecule has 0 aromatic carbocycles. The highest BCUT2D eigenvalue weighted by atomic mass is 35.5. The van der Waals surface area contributed by atoms with Crippen molar-refractivity contribution in [3.63, 3.8) is 0 Å². The summed E-state index contributed by atoms with van der Waals surface area (Å²) in [6, 6.07) is 0. The van der Waals surface area contributed by atoms with Gasteiger partial charge < -0.3 is 0 Å². The molecule has 0 spiro atoms. The van der Waals surface area contributed by atoms with Gasteiger partial charge in [-0.15, -0.1) is 11.6 Å². The largest absolute Gasteiger partial charge is 0.235 e. The molecule has 0 saturated carbocycles. The van der Waals surface area contributed by atoms with Crippen LogP contribution in [-0.4, -0.2) is 9.97 Å². The van der Waals surface area contributed by atoms with Gasteiger partial charge in [0.05, 0.1) is 11.1 Å². The average Bonchev–Trinajstić information content (AvgIpc) is 2.51. The van der Waals surface area contributed by atoms with E-state index in [2.05, 4.69) is 9.97 Å². The maximum absolute atomic E-state index is 6.00. The number of nitrogens with zero attached hydrogens (tertiary/aromatic N) is 2. The summed E-state index contributed by atoms with van der Waals surface area (Å²) < 4.78 is 0. The highest BCUT2D eigenvalue weighted by molar-refractivity contribution is 7.98. The molecule has 2 nitrogen and oxygen atoms in total. The summed E-state index contributed by atoms with van der Waals surface area (Å²) in [7, 11) is 0. The molecule has 2 heterocycles. The van der Waals surface area contributed by atoms with Gasteiger partial charge in [0.2, 0.25) is 0 Å². The lowest BCUT2D eigenvalue weighted by atomic mass is 10.2. The predicted octanol–water partition coefficient (Wildman–Crippen LogP) is 3.18. The molecule has 2 rings (SSSR count). The molecule has 70 valence electrons. The minimum atomic E-state index is -0.173. The molecule has 1 aliphatic rings. The Kier molecular flexibility index (Phi) is 2.67. The fourth-order valence-corrected chi connectivity index (χ4v) is 2.69. The zero-order valence-corrected chi connectivity index (χ0v) is 9.38. The molecule has 0 fully saturated rings. The van der Waals surface area contributed by atoms with Gasteiger partial charge in [0.25, 0.3) is 0 Å². The predicted molar refractivity (Wildman–Crippen MR) is 56.3 cm³/mol. The average molecular weight is 235 g/mol. The molecule has 0 bridgehead atoms. The smallest absolute Gasteiger partial charge is 0.147 e. The maximum Gasteiger partial charge on any atom is 0.147 e. The van der Waals surface area contributed by atoms with Crippen molar-refractivity contribution in [2.45, 2.75) is 23.8 Å². The van der Waals surface area contributed by atoms with Gasteiger partial charge in [0, 0.05) is 17.1 Å². The standard InChI is InChI=1S/C8H8Cl2N2S/c1-4(9)8-11-6-3-13-2-5(6)7(10)12-8/h4H,2-3H2,1H3. The minimum absolute atomic E-state index is 0.173. The second-order valence-corrected chi connectivity index (χ2v) is 4.90. The van der Waals surface area contributed by atoms with Crippen molar-refractivity contribution in [2.24, 2.45) is 0 Å². The molecule has 1 aliphatic heterocycles. The third kappa shape index (κ3) is 1.78. The van der Waals surface area contributed by atoms with E-state index in [1.807, 2.05) is 18.7 Å². The summed E-state index contributed by atoms with van der Waals surface area (Å²) in [6.45, 7) is 1.85. The molecule has 5 heteroatoms. The van der Waals surface area contributed by atoms with Crippen molar-refractivity contribution >= 4 is 35.0 Å². The number of thioether (sulfide) groups is 1. The van der Waals surface area contributed by atoms with E-state index in [-0.39, 0.29) is 5.38 Å². The van der Waals surface area contributed by atoms with Gasteiger partial charge in [-0.25, -0.2) is 9.97 Å². The van der Waals surface area contributed by atoms with Crippen molar-refractivity contribution < 1.29 is 0 Å². The Balaban J connectivity index is 2.49. The zero-order valence-electron chi connectivity index (χ0n) is 7.05. The summed E-state index contributed by atoms with van der Waals surface area (Å²) in [6.07, 6.45) is 0. The number of hydrogen-bond acceptors (Lipinski definition) is 3. The third-order valence-electron chi connectivity index (χ3n) is 1.90. The van der Waals surface area contributed by atoms with E-state index in [9.17, 15) is 0 Å². The van der Waals surface area contributed by atoms with E-state index < -0.39 is 0 Å². The first-order chi connectivity index (χ1) is 6.18. The summed E-state index contributed by atoms with van der Waals surface area (Å²) in [5, 5.41) is 0.394. The molecular weight excluding hydrogens is 227 g/mol. The SMILES string of the molecule is CC(Cl)c1nc(Cl)c2c(n1)CSC2. The molecule has 0 amide bonds. The van der Waals surface area contributed by atoms with E-state index in [0.29, 0.717) is 11.0 Å². The Morgan fingerprint density at radius 1 is 1.38 bits per heavy atom. The molecule has 0 aliphatic carbocycles. The first kappa shape index (κ1) is 9.56. The van der Waals surface area contributed by atoms with Crippen LogP contribution in [0.25, 0.3) is 0 Å². The lowest BCUT2D eigenvalue weighted by Gasteiger charge is -2.05. The fourth-order valence-electron chi connectivity index (χ4n) is 1.21. The van der Waals surface area contributed by atoms with Crippen molar-refractivity contribution in [3.8, 4) is 0 Å². The first-order valence-corrected chi connectivity index (χ1v) is 5.92. The highest BCUT2D eigenvalue weighted by Crippen LogP contribution is 2.33. The van der Waals surface area contributed by atoms with Crippen LogP contribution in [0.2, 0.25) is 5.15 Å². The van der Waals surface area contributed by atoms with Gasteiger partial charge in [-0.3, -0.25) is 0 Å². The monoisotopic (exact) mass is 234 g/mol. The van der Waals surface area contributed by atoms with Crippen molar-refractivity contribution in [1.29, 1.82) is 0 Å². The van der Waals surface area contributed by atoms with E-state index in [0.717, 1.165) is 22.8 Å². The van der Waals surface area contributed by atoms with E-state index in [1.54, 1.807) is 0 Å². The molecule has 0 saturated heterocycles. The van der Waals surface area contributed by atoms with Crippen LogP contribution in [0.15, 0.2) is 0 Å². The number of rotatable bonds is 1. The quantitative estimate of drug-likeness (QED) is 0.552. The number of aromatic nitrogens is 2. The van der Waals surface area contributed by atoms with Gasteiger partial charge in [-0.2, -0.15) is 11.8 Å². The van der Waals surface area contributed by atoms with Crippen LogP contribution < -0.4 is 0 Å². The molecule has 1 aromatic rings. The Morgan fingerprint density at radius 3 is 2.85 bits per heavy atom. The first-order valence-electron chi connectivity index (χ1n) is 3.95. The molecule has 0 radical (unpaired) electrons. The molecule has 1 aromatic heterocycles. The van der Waals surface area contributed by atoms with E-state index in [1.165, 1.54) is 0 Å². The van der Waals surface area contributed by atoms with E-state index in [4.69, 9.17) is 23.2 Å². The van der Waals surface area contributed by atoms with Crippen LogP contribution in [-0.2, 0) is 11.5 Å². The third-order valence-corrected chi connectivity index (χ3v) is 3.38. The number of alkyl halides is 1. The van der Waals surface area contributed by atoms with Gasteiger partial charge in [-0.05, 0) is 6.92 Å². The second kappa shape index (κ2) is 3.64. The molecule has 13 heavy (non-hydrogen) atoms. The Bertz CT molecular complexity index is 341. The van der Waals surface area contributed by atoms with Crippen LogP contribution in [0.5, 0.6) is 0 Å². The van der Waals surface area contributed by atoms with Gasteiger partial charge in [0.1, 0.15) is 11.0 Å². The Hall–Kier alpha value is 0.01000. The second-order valence-electron chi connectivity index (χ2n) is 2.91. The lowest BCUT2D eigenvalue weighted by molar-refractivity contribution is 0.881. The molecule has 1 atom stereocenters. The van der Waals surface area contributed by atoms with Gasteiger partial charge in [-0.1, -0.05) is 11.6 Å². The zero-order chi connectivity index (χ0) is 9.42. The summed E-state index contributed by atoms with van der Waals surface area (Å²) in [5.41, 5.74) is 2.13. The molecule has 1 unspecified atom stereocenters.